The standard InChI is InChI=1S/C24H25N5O4/c1-13-4-5-15-11-14(2)20-26-28(23(32)29(20)16(15)10-13)9-8-25-21(30)18-17-6-7-24(33-17)12-27(3)22(31)19(18)24/h4-7,10-11,17-19H,8-9,12H2,1-3H3,(H,25,30)/t17-,18+,19-,24+/m1/s1. The van der Waals surface area contributed by atoms with Crippen molar-refractivity contribution in [3.8, 4) is 0 Å². The summed E-state index contributed by atoms with van der Waals surface area (Å²) in [5, 5.41) is 8.40. The highest BCUT2D eigenvalue weighted by Crippen LogP contribution is 2.51. The van der Waals surface area contributed by atoms with E-state index in [1.54, 1.807) is 16.3 Å². The molecule has 0 radical (unpaired) electrons. The molecule has 2 saturated heterocycles. The maximum absolute atomic E-state index is 13.1. The van der Waals surface area contributed by atoms with E-state index < -0.39 is 17.4 Å². The molecule has 5 heterocycles. The van der Waals surface area contributed by atoms with Gasteiger partial charge in [0.1, 0.15) is 5.60 Å². The van der Waals surface area contributed by atoms with Gasteiger partial charge in [0.15, 0.2) is 5.65 Å². The second-order valence-corrected chi connectivity index (χ2v) is 9.44. The molecular weight excluding hydrogens is 422 g/mol. The quantitative estimate of drug-likeness (QED) is 0.597. The molecule has 3 aliphatic rings. The first kappa shape index (κ1) is 20.2. The summed E-state index contributed by atoms with van der Waals surface area (Å²) in [6.45, 7) is 4.85. The molecule has 0 saturated carbocycles. The number of aryl methyl sites for hydroxylation is 2. The number of nitrogens with zero attached hydrogens (tertiary/aromatic N) is 4. The summed E-state index contributed by atoms with van der Waals surface area (Å²) in [4.78, 5) is 40.5. The van der Waals surface area contributed by atoms with Crippen LogP contribution in [0.15, 0.2) is 41.2 Å². The van der Waals surface area contributed by atoms with E-state index in [1.165, 1.54) is 4.68 Å². The molecule has 0 unspecified atom stereocenters. The van der Waals surface area contributed by atoms with Crippen LogP contribution in [0.5, 0.6) is 0 Å². The number of pyridine rings is 1. The zero-order valence-electron chi connectivity index (χ0n) is 18.7. The zero-order valence-corrected chi connectivity index (χ0v) is 18.7. The first-order valence-corrected chi connectivity index (χ1v) is 11.2. The summed E-state index contributed by atoms with van der Waals surface area (Å²) < 4.78 is 9.06. The van der Waals surface area contributed by atoms with Gasteiger partial charge < -0.3 is 15.0 Å². The van der Waals surface area contributed by atoms with E-state index in [0.29, 0.717) is 12.2 Å². The van der Waals surface area contributed by atoms with E-state index in [4.69, 9.17) is 4.74 Å². The number of hydrogen-bond acceptors (Lipinski definition) is 5. The molecule has 6 rings (SSSR count). The minimum absolute atomic E-state index is 0.0591. The fraction of sp³-hybridized carbons (Fsp3) is 0.417. The summed E-state index contributed by atoms with van der Waals surface area (Å²) in [5.74, 6) is -1.34. The fourth-order valence-electron chi connectivity index (χ4n) is 5.69. The summed E-state index contributed by atoms with van der Waals surface area (Å²) >= 11 is 0. The van der Waals surface area contributed by atoms with E-state index in [2.05, 4.69) is 10.4 Å². The van der Waals surface area contributed by atoms with Crippen molar-refractivity contribution in [3.05, 3.63) is 58.0 Å². The molecule has 2 fully saturated rings. The van der Waals surface area contributed by atoms with E-state index in [0.717, 1.165) is 22.0 Å². The highest BCUT2D eigenvalue weighted by Gasteiger charge is 2.66. The molecule has 9 heteroatoms. The van der Waals surface area contributed by atoms with Gasteiger partial charge in [-0.15, -0.1) is 5.10 Å². The molecule has 1 aromatic carbocycles. The Kier molecular flexibility index (Phi) is 4.14. The Hall–Kier alpha value is -3.46. The summed E-state index contributed by atoms with van der Waals surface area (Å²) in [7, 11) is 1.73. The molecule has 170 valence electrons. The van der Waals surface area contributed by atoms with Crippen molar-refractivity contribution in [1.29, 1.82) is 0 Å². The number of carbonyl (C=O) groups excluding carboxylic acids is 2. The Labute approximate surface area is 189 Å². The summed E-state index contributed by atoms with van der Waals surface area (Å²) in [6, 6.07) is 8.02. The first-order chi connectivity index (χ1) is 15.8. The third-order valence-electron chi connectivity index (χ3n) is 7.21. The van der Waals surface area contributed by atoms with Crippen LogP contribution in [-0.4, -0.2) is 62.7 Å². The molecule has 3 aromatic rings. The van der Waals surface area contributed by atoms with Crippen molar-refractivity contribution in [2.45, 2.75) is 32.1 Å². The number of ether oxygens (including phenoxy) is 1. The lowest BCUT2D eigenvalue weighted by Crippen LogP contribution is -2.45. The number of aromatic nitrogens is 3. The number of benzene rings is 1. The van der Waals surface area contributed by atoms with Crippen LogP contribution >= 0.6 is 0 Å². The molecule has 9 nitrogen and oxygen atoms in total. The minimum atomic E-state index is -0.687. The number of carbonyl (C=O) groups is 2. The highest BCUT2D eigenvalue weighted by atomic mass is 16.5. The minimum Gasteiger partial charge on any atom is -0.360 e. The van der Waals surface area contributed by atoms with Crippen LogP contribution in [0.3, 0.4) is 0 Å². The maximum Gasteiger partial charge on any atom is 0.350 e. The third kappa shape index (κ3) is 2.75. The topological polar surface area (TPSA) is 97.9 Å². The number of nitrogens with one attached hydrogen (secondary N) is 1. The van der Waals surface area contributed by atoms with Crippen molar-refractivity contribution in [3.63, 3.8) is 0 Å². The molecule has 3 aliphatic heterocycles. The molecule has 0 aliphatic carbocycles. The Morgan fingerprint density at radius 1 is 1.27 bits per heavy atom. The molecule has 33 heavy (non-hydrogen) atoms. The van der Waals surface area contributed by atoms with Crippen molar-refractivity contribution in [2.24, 2.45) is 11.8 Å². The third-order valence-corrected chi connectivity index (χ3v) is 7.21. The number of fused-ring (bicyclic) bond motifs is 4. The van der Waals surface area contributed by atoms with E-state index in [1.807, 2.05) is 50.3 Å². The van der Waals surface area contributed by atoms with E-state index in [-0.39, 0.29) is 36.7 Å². The first-order valence-electron chi connectivity index (χ1n) is 11.2. The van der Waals surface area contributed by atoms with Crippen molar-refractivity contribution >= 4 is 28.4 Å². The SMILES string of the molecule is Cc1ccc2cc(C)c3nn(CCNC(=O)[C@H]4[C@H]5C=C[C@@]6(CN(C)C(=O)[C@@H]46)O5)c(=O)n3c2c1. The number of rotatable bonds is 4. The largest absolute Gasteiger partial charge is 0.360 e. The van der Waals surface area contributed by atoms with Crippen LogP contribution in [0.4, 0.5) is 0 Å². The lowest BCUT2D eigenvalue weighted by molar-refractivity contribution is -0.136. The van der Waals surface area contributed by atoms with Gasteiger partial charge in [-0.05, 0) is 42.5 Å². The van der Waals surface area contributed by atoms with Crippen LogP contribution in [0.2, 0.25) is 0 Å². The normalized spacial score (nSPS) is 27.8. The number of likely N-dealkylation sites (tertiary alicyclic amines) is 1. The van der Waals surface area contributed by atoms with Gasteiger partial charge in [-0.3, -0.25) is 9.59 Å². The van der Waals surface area contributed by atoms with Crippen LogP contribution in [0, 0.1) is 25.7 Å². The molecule has 2 bridgehead atoms. The second kappa shape index (κ2) is 6.77. The summed E-state index contributed by atoms with van der Waals surface area (Å²) in [5.41, 5.74) is 2.47. The van der Waals surface area contributed by atoms with Gasteiger partial charge >= 0.3 is 5.69 Å². The molecule has 1 spiro atoms. The maximum atomic E-state index is 13.1. The lowest BCUT2D eigenvalue weighted by atomic mass is 9.77. The monoisotopic (exact) mass is 447 g/mol. The fourth-order valence-corrected chi connectivity index (χ4v) is 5.69. The molecule has 2 amide bonds. The van der Waals surface area contributed by atoms with Gasteiger partial charge in [-0.2, -0.15) is 0 Å². The Balaban J connectivity index is 1.23. The Morgan fingerprint density at radius 2 is 2.09 bits per heavy atom. The van der Waals surface area contributed by atoms with Crippen LogP contribution in [0.1, 0.15) is 11.1 Å². The van der Waals surface area contributed by atoms with E-state index in [9.17, 15) is 14.4 Å². The molecule has 1 N–H and O–H groups in total. The van der Waals surface area contributed by atoms with Crippen LogP contribution in [0.25, 0.3) is 16.6 Å². The number of likely N-dealkylation sites (N-methyl/N-ethyl adjacent to an activating group) is 1. The van der Waals surface area contributed by atoms with Gasteiger partial charge in [0.25, 0.3) is 0 Å². The Bertz CT molecular complexity index is 1440. The predicted octanol–water partition coefficient (Wildman–Crippen LogP) is 0.794. The van der Waals surface area contributed by atoms with Gasteiger partial charge in [-0.25, -0.2) is 13.9 Å². The van der Waals surface area contributed by atoms with Gasteiger partial charge in [0.05, 0.1) is 36.5 Å². The average Bonchev–Trinajstić information content (AvgIpc) is 3.49. The smallest absolute Gasteiger partial charge is 0.350 e. The average molecular weight is 447 g/mol. The molecule has 4 atom stereocenters. The molecular formula is C24H25N5O4. The van der Waals surface area contributed by atoms with Crippen LogP contribution < -0.4 is 11.0 Å². The van der Waals surface area contributed by atoms with Crippen molar-refractivity contribution in [1.82, 2.24) is 24.4 Å². The van der Waals surface area contributed by atoms with Gasteiger partial charge in [0.2, 0.25) is 11.8 Å². The lowest BCUT2D eigenvalue weighted by Gasteiger charge is -2.23. The zero-order chi connectivity index (χ0) is 23.1. The predicted molar refractivity (Wildman–Crippen MR) is 121 cm³/mol. The number of hydrogen-bond donors (Lipinski definition) is 1. The van der Waals surface area contributed by atoms with Gasteiger partial charge in [0, 0.05) is 13.6 Å². The van der Waals surface area contributed by atoms with Crippen LogP contribution in [-0.2, 0) is 20.9 Å². The summed E-state index contributed by atoms with van der Waals surface area (Å²) in [6.07, 6.45) is 3.43. The van der Waals surface area contributed by atoms with Crippen molar-refractivity contribution in [2.75, 3.05) is 20.1 Å². The highest BCUT2D eigenvalue weighted by molar-refractivity contribution is 5.92. The Morgan fingerprint density at radius 3 is 2.91 bits per heavy atom. The van der Waals surface area contributed by atoms with Gasteiger partial charge in [-0.1, -0.05) is 24.3 Å². The van der Waals surface area contributed by atoms with Crippen molar-refractivity contribution < 1.29 is 14.3 Å². The second-order valence-electron chi connectivity index (χ2n) is 9.44. The molecule has 2 aromatic heterocycles. The number of amides is 2. The van der Waals surface area contributed by atoms with E-state index >= 15 is 0 Å².